The summed E-state index contributed by atoms with van der Waals surface area (Å²) < 4.78 is 5.28. The number of hydrogen-bond acceptors (Lipinski definition) is 3. The summed E-state index contributed by atoms with van der Waals surface area (Å²) in [6.07, 6.45) is 10.8. The molecule has 1 heterocycles. The molecular formula is C15H23N2O. The van der Waals surface area contributed by atoms with Gasteiger partial charge in [-0.15, -0.1) is 0 Å². The predicted molar refractivity (Wildman–Crippen MR) is 74.3 cm³/mol. The lowest BCUT2D eigenvalue weighted by atomic mass is 9.93. The molecule has 2 fully saturated rings. The summed E-state index contributed by atoms with van der Waals surface area (Å²) in [6, 6.07) is 0.443. The Labute approximate surface area is 112 Å². The van der Waals surface area contributed by atoms with Crippen LogP contribution in [-0.4, -0.2) is 37.0 Å². The molecule has 0 aromatic carbocycles. The molecule has 3 nitrogen and oxygen atoms in total. The van der Waals surface area contributed by atoms with Crippen molar-refractivity contribution in [1.82, 2.24) is 5.01 Å². The summed E-state index contributed by atoms with van der Waals surface area (Å²) in [4.78, 5) is 0. The van der Waals surface area contributed by atoms with Gasteiger partial charge in [-0.2, -0.15) is 5.10 Å². The van der Waals surface area contributed by atoms with Gasteiger partial charge in [-0.1, -0.05) is 13.8 Å². The molecule has 18 heavy (non-hydrogen) atoms. The molecule has 3 heteroatoms. The van der Waals surface area contributed by atoms with Gasteiger partial charge in [0.05, 0.1) is 12.6 Å². The number of rotatable bonds is 5. The summed E-state index contributed by atoms with van der Waals surface area (Å²) in [5.74, 6) is 1.68. The molecule has 1 aliphatic carbocycles. The average molecular weight is 247 g/mol. The van der Waals surface area contributed by atoms with Gasteiger partial charge in [-0.05, 0) is 44.4 Å². The first-order valence-electron chi connectivity index (χ1n) is 6.78. The standard InChI is InChI=1S/C15H23N2O/c1-12(2)15(13-7-4-5-8-13)16-17-10-6-9-14(17)11-18-3/h4-5,7-8,12,14H,6,9-11H2,1-3H3/b16-15+/t14-/m0/s1. The second kappa shape index (κ2) is 6.55. The van der Waals surface area contributed by atoms with Crippen LogP contribution >= 0.6 is 0 Å². The van der Waals surface area contributed by atoms with E-state index in [1.54, 1.807) is 7.11 Å². The molecule has 2 rings (SSSR count). The molecule has 1 saturated carbocycles. The monoisotopic (exact) mass is 247 g/mol. The maximum atomic E-state index is 5.28. The lowest BCUT2D eigenvalue weighted by Crippen LogP contribution is -2.31. The topological polar surface area (TPSA) is 24.8 Å². The Balaban J connectivity index is 2.06. The van der Waals surface area contributed by atoms with Crippen LogP contribution in [-0.2, 0) is 4.74 Å². The SMILES string of the molecule is COC[C@@H]1CCCN1/N=C(/[C]1[CH][CH][CH][CH]1)C(C)C. The van der Waals surface area contributed by atoms with Crippen LogP contribution in [0.25, 0.3) is 0 Å². The molecule has 2 aliphatic rings. The first-order valence-corrected chi connectivity index (χ1v) is 6.78. The summed E-state index contributed by atoms with van der Waals surface area (Å²) in [6.45, 7) is 6.22. The molecule has 99 valence electrons. The minimum atomic E-state index is 0.441. The molecule has 0 aromatic heterocycles. The van der Waals surface area contributed by atoms with Crippen molar-refractivity contribution in [3.05, 3.63) is 31.6 Å². The lowest BCUT2D eigenvalue weighted by molar-refractivity contribution is 0.117. The fourth-order valence-corrected chi connectivity index (χ4v) is 2.50. The smallest absolute Gasteiger partial charge is 0.0704 e. The number of hydrazone groups is 1. The minimum Gasteiger partial charge on any atom is -0.382 e. The highest BCUT2D eigenvalue weighted by atomic mass is 16.5. The van der Waals surface area contributed by atoms with Crippen molar-refractivity contribution < 1.29 is 4.74 Å². The van der Waals surface area contributed by atoms with Crippen LogP contribution < -0.4 is 0 Å². The summed E-state index contributed by atoms with van der Waals surface area (Å²) >= 11 is 0. The third kappa shape index (κ3) is 3.25. The summed E-state index contributed by atoms with van der Waals surface area (Å²) in [7, 11) is 1.76. The van der Waals surface area contributed by atoms with Crippen LogP contribution in [0.2, 0.25) is 0 Å². The van der Waals surface area contributed by atoms with Crippen molar-refractivity contribution >= 4 is 5.71 Å². The zero-order valence-electron chi connectivity index (χ0n) is 11.6. The van der Waals surface area contributed by atoms with E-state index >= 15 is 0 Å². The molecule has 0 spiro atoms. The van der Waals surface area contributed by atoms with Gasteiger partial charge in [-0.25, -0.2) is 0 Å². The summed E-state index contributed by atoms with van der Waals surface area (Å²) in [5.41, 5.74) is 1.18. The van der Waals surface area contributed by atoms with Crippen molar-refractivity contribution in [3.63, 3.8) is 0 Å². The van der Waals surface area contributed by atoms with Crippen LogP contribution in [0, 0.1) is 37.5 Å². The zero-order chi connectivity index (χ0) is 13.0. The van der Waals surface area contributed by atoms with Gasteiger partial charge in [0, 0.05) is 25.3 Å². The molecule has 0 bridgehead atoms. The maximum absolute atomic E-state index is 5.28. The van der Waals surface area contributed by atoms with Crippen LogP contribution in [0.15, 0.2) is 5.10 Å². The van der Waals surface area contributed by atoms with E-state index in [-0.39, 0.29) is 0 Å². The second-order valence-corrected chi connectivity index (χ2v) is 5.23. The maximum Gasteiger partial charge on any atom is 0.0704 e. The molecule has 1 saturated heterocycles. The van der Waals surface area contributed by atoms with Gasteiger partial charge < -0.3 is 4.74 Å². The molecule has 1 atom stereocenters. The average Bonchev–Trinajstić information content (AvgIpc) is 2.97. The fourth-order valence-electron chi connectivity index (χ4n) is 2.50. The van der Waals surface area contributed by atoms with E-state index in [1.807, 2.05) is 0 Å². The van der Waals surface area contributed by atoms with Crippen molar-refractivity contribution in [2.45, 2.75) is 32.7 Å². The van der Waals surface area contributed by atoms with Crippen LogP contribution in [0.3, 0.4) is 0 Å². The van der Waals surface area contributed by atoms with E-state index in [4.69, 9.17) is 9.84 Å². The Bertz CT molecular complexity index is 282. The van der Waals surface area contributed by atoms with Gasteiger partial charge in [0.25, 0.3) is 0 Å². The van der Waals surface area contributed by atoms with Gasteiger partial charge in [-0.3, -0.25) is 5.01 Å². The van der Waals surface area contributed by atoms with E-state index < -0.39 is 0 Å². The Kier molecular flexibility index (Phi) is 5.04. The Morgan fingerprint density at radius 2 is 2.17 bits per heavy atom. The Morgan fingerprint density at radius 3 is 2.78 bits per heavy atom. The first kappa shape index (κ1) is 13.9. The van der Waals surface area contributed by atoms with E-state index in [1.165, 1.54) is 24.5 Å². The summed E-state index contributed by atoms with van der Waals surface area (Å²) in [5, 5.41) is 7.10. The molecule has 0 aromatic rings. The van der Waals surface area contributed by atoms with E-state index in [0.29, 0.717) is 12.0 Å². The van der Waals surface area contributed by atoms with Crippen molar-refractivity contribution in [3.8, 4) is 0 Å². The molecular weight excluding hydrogens is 224 g/mol. The van der Waals surface area contributed by atoms with Gasteiger partial charge in [0.2, 0.25) is 0 Å². The van der Waals surface area contributed by atoms with E-state index in [9.17, 15) is 0 Å². The van der Waals surface area contributed by atoms with Crippen LogP contribution in [0.5, 0.6) is 0 Å². The highest BCUT2D eigenvalue weighted by molar-refractivity contribution is 6.03. The molecule has 0 unspecified atom stereocenters. The Hall–Kier alpha value is -0.570. The molecule has 5 radical (unpaired) electrons. The third-order valence-corrected chi connectivity index (χ3v) is 3.45. The number of ether oxygens (including phenoxy) is 1. The van der Waals surface area contributed by atoms with E-state index in [0.717, 1.165) is 13.2 Å². The largest absolute Gasteiger partial charge is 0.382 e. The minimum absolute atomic E-state index is 0.441. The molecule has 0 N–H and O–H groups in total. The van der Waals surface area contributed by atoms with Crippen LogP contribution in [0.4, 0.5) is 0 Å². The second-order valence-electron chi connectivity index (χ2n) is 5.23. The normalized spacial score (nSPS) is 26.6. The lowest BCUT2D eigenvalue weighted by Gasteiger charge is -2.25. The highest BCUT2D eigenvalue weighted by Gasteiger charge is 2.28. The van der Waals surface area contributed by atoms with Crippen molar-refractivity contribution in [2.24, 2.45) is 11.0 Å². The quantitative estimate of drug-likeness (QED) is 0.697. The van der Waals surface area contributed by atoms with Crippen LogP contribution in [0.1, 0.15) is 26.7 Å². The third-order valence-electron chi connectivity index (χ3n) is 3.45. The first-order chi connectivity index (χ1) is 8.72. The number of methoxy groups -OCH3 is 1. The fraction of sp³-hybridized carbons (Fsp3) is 0.600. The van der Waals surface area contributed by atoms with Gasteiger partial charge in [0.1, 0.15) is 0 Å². The van der Waals surface area contributed by atoms with Crippen molar-refractivity contribution in [2.75, 3.05) is 20.3 Å². The zero-order valence-corrected chi connectivity index (χ0v) is 11.6. The highest BCUT2D eigenvalue weighted by Crippen LogP contribution is 2.29. The van der Waals surface area contributed by atoms with Gasteiger partial charge >= 0.3 is 0 Å². The molecule has 1 aliphatic heterocycles. The Morgan fingerprint density at radius 1 is 1.44 bits per heavy atom. The van der Waals surface area contributed by atoms with Crippen molar-refractivity contribution in [1.29, 1.82) is 0 Å². The predicted octanol–water partition coefficient (Wildman–Crippen LogP) is 2.51. The number of nitrogens with zero attached hydrogens (tertiary/aromatic N) is 2. The number of hydrogen-bond donors (Lipinski definition) is 0. The van der Waals surface area contributed by atoms with Gasteiger partial charge in [0.15, 0.2) is 0 Å². The van der Waals surface area contributed by atoms with E-state index in [2.05, 4.69) is 44.5 Å². The molecule has 0 amide bonds.